The Bertz CT molecular complexity index is 1220. The van der Waals surface area contributed by atoms with Gasteiger partial charge in [0.2, 0.25) is 6.17 Å². The fourth-order valence-electron chi connectivity index (χ4n) is 3.78. The van der Waals surface area contributed by atoms with Crippen molar-refractivity contribution in [2.75, 3.05) is 4.90 Å². The van der Waals surface area contributed by atoms with Gasteiger partial charge >= 0.3 is 5.97 Å². The lowest BCUT2D eigenvalue weighted by atomic mass is 9.98. The van der Waals surface area contributed by atoms with Crippen LogP contribution in [0.2, 0.25) is 0 Å². The van der Waals surface area contributed by atoms with Crippen LogP contribution in [0.1, 0.15) is 36.5 Å². The number of phenols is 2. The Labute approximate surface area is 178 Å². The van der Waals surface area contributed by atoms with Crippen molar-refractivity contribution in [3.8, 4) is 11.5 Å². The number of nitrogens with zero attached hydrogens (tertiary/aromatic N) is 4. The van der Waals surface area contributed by atoms with Crippen molar-refractivity contribution in [3.63, 3.8) is 0 Å². The predicted molar refractivity (Wildman–Crippen MR) is 117 cm³/mol. The van der Waals surface area contributed by atoms with Crippen molar-refractivity contribution < 1.29 is 20.1 Å². The molecule has 1 aliphatic heterocycles. The lowest BCUT2D eigenvalue weighted by Gasteiger charge is -2.28. The monoisotopic (exact) mass is 421 g/mol. The number of pyridine rings is 1. The number of hydrazone groups is 1. The summed E-state index contributed by atoms with van der Waals surface area (Å²) in [5, 5.41) is 36.6. The summed E-state index contributed by atoms with van der Waals surface area (Å²) in [5.41, 5.74) is 2.97. The zero-order chi connectivity index (χ0) is 22.4. The summed E-state index contributed by atoms with van der Waals surface area (Å²) < 4.78 is 0. The Morgan fingerprint density at radius 2 is 1.90 bits per heavy atom. The van der Waals surface area contributed by atoms with Gasteiger partial charge in [-0.1, -0.05) is 19.9 Å². The Morgan fingerprint density at radius 1 is 1.16 bits per heavy atom. The maximum Gasteiger partial charge on any atom is 0.351 e. The first-order valence-electron chi connectivity index (χ1n) is 9.75. The molecule has 0 fully saturated rings. The van der Waals surface area contributed by atoms with E-state index in [0.29, 0.717) is 16.8 Å². The molecular formula is C22H23N5O4. The number of hydrogen-bond acceptors (Lipinski definition) is 8. The first kappa shape index (κ1) is 20.4. The minimum Gasteiger partial charge on any atom is -0.508 e. The molecule has 0 saturated heterocycles. The van der Waals surface area contributed by atoms with Gasteiger partial charge in [0.05, 0.1) is 16.8 Å². The third kappa shape index (κ3) is 3.38. The van der Waals surface area contributed by atoms with Gasteiger partial charge in [-0.25, -0.2) is 10.6 Å². The van der Waals surface area contributed by atoms with Gasteiger partial charge in [0.25, 0.3) is 0 Å². The molecule has 1 aromatic heterocycles. The quantitative estimate of drug-likeness (QED) is 0.472. The van der Waals surface area contributed by atoms with Gasteiger partial charge in [-0.3, -0.25) is 9.88 Å². The number of aliphatic carboxylic acids is 1. The Morgan fingerprint density at radius 3 is 2.58 bits per heavy atom. The molecule has 0 saturated carbocycles. The number of rotatable bonds is 4. The van der Waals surface area contributed by atoms with Crippen molar-refractivity contribution in [2.24, 2.45) is 10.9 Å². The molecule has 0 aliphatic carbocycles. The third-order valence-electron chi connectivity index (χ3n) is 5.26. The average molecular weight is 421 g/mol. The lowest BCUT2D eigenvalue weighted by molar-refractivity contribution is -0.142. The van der Waals surface area contributed by atoms with Crippen molar-refractivity contribution in [3.05, 3.63) is 59.3 Å². The number of carbonyl (C=O) groups is 1. The Balaban J connectivity index is 1.98. The van der Waals surface area contributed by atoms with Crippen LogP contribution >= 0.6 is 0 Å². The van der Waals surface area contributed by atoms with E-state index in [-0.39, 0.29) is 28.8 Å². The SMILES string of the molecule is Cc1cnc2cccc(N3C(c4cc(C(C)C)c(O)cc4O)=NN(N)C3C(=O)O)c2c1. The minimum absolute atomic E-state index is 0.0385. The molecule has 0 bridgehead atoms. The second-order valence-electron chi connectivity index (χ2n) is 7.82. The largest absolute Gasteiger partial charge is 0.508 e. The molecule has 0 spiro atoms. The molecule has 9 heteroatoms. The minimum atomic E-state index is -1.34. The molecule has 1 aliphatic rings. The maximum absolute atomic E-state index is 12.1. The highest BCUT2D eigenvalue weighted by Gasteiger charge is 2.41. The van der Waals surface area contributed by atoms with E-state index in [2.05, 4.69) is 10.1 Å². The number of anilines is 1. The van der Waals surface area contributed by atoms with Gasteiger partial charge in [-0.05, 0) is 48.2 Å². The molecule has 2 aromatic carbocycles. The molecule has 160 valence electrons. The molecule has 9 nitrogen and oxygen atoms in total. The maximum atomic E-state index is 12.1. The Kier molecular flexibility index (Phi) is 4.90. The number of fused-ring (bicyclic) bond motifs is 1. The van der Waals surface area contributed by atoms with Crippen LogP contribution in [0, 0.1) is 6.92 Å². The zero-order valence-electron chi connectivity index (χ0n) is 17.3. The number of amidine groups is 1. The number of aryl methyl sites for hydroxylation is 1. The normalized spacial score (nSPS) is 16.3. The van der Waals surface area contributed by atoms with E-state index in [1.807, 2.05) is 32.9 Å². The topological polar surface area (TPSA) is 136 Å². The number of benzene rings is 2. The highest BCUT2D eigenvalue weighted by molar-refractivity contribution is 6.18. The summed E-state index contributed by atoms with van der Waals surface area (Å²) in [6.45, 7) is 5.70. The number of nitrogens with two attached hydrogens (primary N) is 1. The van der Waals surface area contributed by atoms with E-state index in [1.54, 1.807) is 24.4 Å². The first-order chi connectivity index (χ1) is 14.7. The predicted octanol–water partition coefficient (Wildman–Crippen LogP) is 2.85. The summed E-state index contributed by atoms with van der Waals surface area (Å²) in [7, 11) is 0. The number of phenolic OH excluding ortho intramolecular Hbond substituents is 2. The standard InChI is InChI=1S/C22H23N5O4/c1-11(2)13-8-15(19(29)9-18(13)28)20-25-27(23)21(22(30)31)26(20)17-6-4-5-16-14(17)7-12(3)10-24-16/h4-11,21,28-29H,23H2,1-3H3,(H,30,31). The van der Waals surface area contributed by atoms with Crippen molar-refractivity contribution in [1.82, 2.24) is 10.1 Å². The van der Waals surface area contributed by atoms with E-state index >= 15 is 0 Å². The van der Waals surface area contributed by atoms with Gasteiger partial charge in [-0.2, -0.15) is 5.12 Å². The van der Waals surface area contributed by atoms with Gasteiger partial charge in [0.1, 0.15) is 11.5 Å². The number of hydrazine groups is 1. The van der Waals surface area contributed by atoms with E-state index in [1.165, 1.54) is 11.0 Å². The van der Waals surface area contributed by atoms with Crippen LogP contribution in [-0.4, -0.2) is 43.4 Å². The van der Waals surface area contributed by atoms with Crippen LogP contribution in [-0.2, 0) is 4.79 Å². The van der Waals surface area contributed by atoms with E-state index < -0.39 is 12.1 Å². The van der Waals surface area contributed by atoms with Crippen LogP contribution < -0.4 is 10.7 Å². The Hall–Kier alpha value is -3.85. The molecule has 3 aromatic rings. The number of aromatic nitrogens is 1. The highest BCUT2D eigenvalue weighted by atomic mass is 16.4. The van der Waals surface area contributed by atoms with Crippen molar-refractivity contribution in [1.29, 1.82) is 0 Å². The zero-order valence-corrected chi connectivity index (χ0v) is 17.3. The average Bonchev–Trinajstić information content (AvgIpc) is 3.04. The number of carboxylic acid groups (broad SMARTS) is 1. The van der Waals surface area contributed by atoms with Crippen molar-refractivity contribution >= 4 is 28.4 Å². The summed E-state index contributed by atoms with van der Waals surface area (Å²) in [5.74, 6) is 4.59. The third-order valence-corrected chi connectivity index (χ3v) is 5.26. The van der Waals surface area contributed by atoms with Crippen LogP contribution in [0.3, 0.4) is 0 Å². The smallest absolute Gasteiger partial charge is 0.351 e. The first-order valence-corrected chi connectivity index (χ1v) is 9.75. The molecule has 2 heterocycles. The van der Waals surface area contributed by atoms with Gasteiger partial charge in [0, 0.05) is 17.6 Å². The van der Waals surface area contributed by atoms with Crippen LogP contribution in [0.25, 0.3) is 10.9 Å². The highest BCUT2D eigenvalue weighted by Crippen LogP contribution is 2.38. The molecular weight excluding hydrogens is 398 g/mol. The number of hydrogen-bond donors (Lipinski definition) is 4. The van der Waals surface area contributed by atoms with E-state index in [0.717, 1.165) is 16.1 Å². The van der Waals surface area contributed by atoms with Gasteiger partial charge in [0.15, 0.2) is 5.84 Å². The van der Waals surface area contributed by atoms with Crippen LogP contribution in [0.5, 0.6) is 11.5 Å². The molecule has 31 heavy (non-hydrogen) atoms. The van der Waals surface area contributed by atoms with Crippen LogP contribution in [0.15, 0.2) is 47.7 Å². The number of carboxylic acids is 1. The van der Waals surface area contributed by atoms with Gasteiger partial charge in [-0.15, -0.1) is 5.10 Å². The molecule has 0 amide bonds. The second kappa shape index (κ2) is 7.44. The lowest BCUT2D eigenvalue weighted by Crippen LogP contribution is -2.50. The van der Waals surface area contributed by atoms with Crippen molar-refractivity contribution in [2.45, 2.75) is 32.9 Å². The fraction of sp³-hybridized carbons (Fsp3) is 0.227. The summed E-state index contributed by atoms with van der Waals surface area (Å²) in [4.78, 5) is 18.0. The number of aromatic hydroxyl groups is 2. The van der Waals surface area contributed by atoms with Crippen LogP contribution in [0.4, 0.5) is 5.69 Å². The molecule has 4 rings (SSSR count). The molecule has 1 atom stereocenters. The van der Waals surface area contributed by atoms with E-state index in [9.17, 15) is 20.1 Å². The molecule has 1 unspecified atom stereocenters. The molecule has 5 N–H and O–H groups in total. The summed E-state index contributed by atoms with van der Waals surface area (Å²) in [6.07, 6.45) is 0.396. The summed E-state index contributed by atoms with van der Waals surface area (Å²) in [6, 6.07) is 10.1. The summed E-state index contributed by atoms with van der Waals surface area (Å²) >= 11 is 0. The second-order valence-corrected chi connectivity index (χ2v) is 7.82. The fourth-order valence-corrected chi connectivity index (χ4v) is 3.78. The van der Waals surface area contributed by atoms with E-state index in [4.69, 9.17) is 5.84 Å². The van der Waals surface area contributed by atoms with Gasteiger partial charge < -0.3 is 15.3 Å². The molecule has 0 radical (unpaired) electrons.